The number of nitrogens with one attached hydrogen (secondary N) is 2. The molecule has 3 unspecified atom stereocenters. The number of amides is 2. The fraction of sp³-hybridized carbons (Fsp3) is 0.382. The van der Waals surface area contributed by atoms with Crippen LogP contribution in [0.1, 0.15) is 60.4 Å². The highest BCUT2D eigenvalue weighted by Gasteiger charge is 2.27. The number of aromatic hydroxyl groups is 1. The molecule has 3 atom stereocenters. The van der Waals surface area contributed by atoms with Crippen molar-refractivity contribution in [3.8, 4) is 17.2 Å². The second-order valence-electron chi connectivity index (χ2n) is 11.2. The number of ether oxygens (including phenoxy) is 1. The number of aliphatic imine (C=N–C) groups is 1. The number of benzene rings is 3. The number of hydrogen-bond acceptors (Lipinski definition) is 7. The lowest BCUT2D eigenvalue weighted by Crippen LogP contribution is -2.53. The molecular formula is C34H47N7O4. The zero-order chi connectivity index (χ0) is 32.8. The first kappa shape index (κ1) is 34.9. The molecule has 3 rings (SSSR count). The van der Waals surface area contributed by atoms with Crippen molar-refractivity contribution in [1.82, 2.24) is 10.6 Å². The summed E-state index contributed by atoms with van der Waals surface area (Å²) < 4.78 is 5.94. The molecule has 242 valence electrons. The van der Waals surface area contributed by atoms with E-state index in [1.807, 2.05) is 68.4 Å². The molecule has 3 aromatic rings. The number of rotatable bonds is 17. The van der Waals surface area contributed by atoms with Crippen molar-refractivity contribution in [1.29, 1.82) is 0 Å². The Labute approximate surface area is 265 Å². The lowest BCUT2D eigenvalue weighted by Gasteiger charge is -2.26. The van der Waals surface area contributed by atoms with Crippen LogP contribution >= 0.6 is 0 Å². The summed E-state index contributed by atoms with van der Waals surface area (Å²) in [6, 6.07) is 18.3. The first-order valence-corrected chi connectivity index (χ1v) is 15.3. The van der Waals surface area contributed by atoms with Crippen molar-refractivity contribution < 1.29 is 19.4 Å². The van der Waals surface area contributed by atoms with E-state index in [9.17, 15) is 14.7 Å². The Balaban J connectivity index is 1.81. The normalized spacial score (nSPS) is 12.9. The maximum atomic E-state index is 13.9. The maximum absolute atomic E-state index is 13.9. The van der Waals surface area contributed by atoms with Crippen LogP contribution in [0, 0.1) is 13.8 Å². The summed E-state index contributed by atoms with van der Waals surface area (Å²) in [5.74, 6) is 0.728. The molecule has 0 spiro atoms. The average Bonchev–Trinajstić information content (AvgIpc) is 3.00. The standard InChI is InChI=1S/C34H47N7O4/c1-22-19-25(42)20-23(2)28(22)21-31(41-32(43)29(36)11-8-18-39-34(37)38)33(44)40-30(12-6-7-17-35)24-13-15-27(16-14-24)45-26-9-4-3-5-10-26/h3-5,9-10,13-16,19-20,29-31,42H,6-8,11-12,17-18,21,35-36H2,1-2H3,(H,40,44)(H,41,43)(H4,37,38,39). The van der Waals surface area contributed by atoms with Crippen molar-refractivity contribution in [3.05, 3.63) is 89.0 Å². The minimum absolute atomic E-state index is 0.0243. The minimum Gasteiger partial charge on any atom is -0.508 e. The summed E-state index contributed by atoms with van der Waals surface area (Å²) in [4.78, 5) is 31.1. The molecule has 11 nitrogen and oxygen atoms in total. The van der Waals surface area contributed by atoms with E-state index >= 15 is 0 Å². The number of nitrogens with zero attached hydrogens (tertiary/aromatic N) is 1. The quantitative estimate of drug-likeness (QED) is 0.0679. The summed E-state index contributed by atoms with van der Waals surface area (Å²) in [5.41, 5.74) is 26.1. The van der Waals surface area contributed by atoms with Crippen molar-refractivity contribution in [2.45, 2.75) is 70.5 Å². The van der Waals surface area contributed by atoms with Gasteiger partial charge in [-0.25, -0.2) is 0 Å². The third-order valence-electron chi connectivity index (χ3n) is 7.55. The molecule has 0 saturated carbocycles. The molecule has 0 aromatic heterocycles. The molecule has 45 heavy (non-hydrogen) atoms. The molecule has 0 aliphatic carbocycles. The van der Waals surface area contributed by atoms with Gasteiger partial charge in [0.15, 0.2) is 5.96 Å². The van der Waals surface area contributed by atoms with Crippen LogP contribution in [0.4, 0.5) is 0 Å². The number of nitrogens with two attached hydrogens (primary N) is 4. The highest BCUT2D eigenvalue weighted by molar-refractivity contribution is 5.90. The van der Waals surface area contributed by atoms with Gasteiger partial charge < -0.3 is 43.4 Å². The Morgan fingerprint density at radius 2 is 1.51 bits per heavy atom. The van der Waals surface area contributed by atoms with Gasteiger partial charge in [0.25, 0.3) is 0 Å². The molecular weight excluding hydrogens is 570 g/mol. The van der Waals surface area contributed by atoms with Gasteiger partial charge in [0, 0.05) is 13.0 Å². The highest BCUT2D eigenvalue weighted by atomic mass is 16.5. The third-order valence-corrected chi connectivity index (χ3v) is 7.55. The highest BCUT2D eigenvalue weighted by Crippen LogP contribution is 2.26. The topological polar surface area (TPSA) is 204 Å². The Hall–Kier alpha value is -4.61. The average molecular weight is 618 g/mol. The Morgan fingerprint density at radius 3 is 2.13 bits per heavy atom. The van der Waals surface area contributed by atoms with Crippen molar-refractivity contribution in [2.24, 2.45) is 27.9 Å². The van der Waals surface area contributed by atoms with E-state index < -0.39 is 18.0 Å². The molecule has 0 aliphatic rings. The molecule has 0 bridgehead atoms. The van der Waals surface area contributed by atoms with E-state index in [1.54, 1.807) is 12.1 Å². The van der Waals surface area contributed by atoms with E-state index in [1.165, 1.54) is 0 Å². The van der Waals surface area contributed by atoms with E-state index in [4.69, 9.17) is 27.7 Å². The first-order chi connectivity index (χ1) is 21.6. The fourth-order valence-electron chi connectivity index (χ4n) is 5.12. The zero-order valence-electron chi connectivity index (χ0n) is 26.2. The number of hydrogen-bond donors (Lipinski definition) is 7. The smallest absolute Gasteiger partial charge is 0.243 e. The number of carbonyl (C=O) groups excluding carboxylic acids is 2. The monoisotopic (exact) mass is 617 g/mol. The van der Waals surface area contributed by atoms with Gasteiger partial charge in [-0.3, -0.25) is 14.6 Å². The Kier molecular flexibility index (Phi) is 13.7. The number of phenolic OH excluding ortho intramolecular Hbond substituents is 1. The van der Waals surface area contributed by atoms with Crippen molar-refractivity contribution in [2.75, 3.05) is 13.1 Å². The third kappa shape index (κ3) is 11.4. The predicted molar refractivity (Wildman–Crippen MR) is 178 cm³/mol. The Morgan fingerprint density at radius 1 is 0.867 bits per heavy atom. The predicted octanol–water partition coefficient (Wildman–Crippen LogP) is 3.20. The van der Waals surface area contributed by atoms with E-state index in [2.05, 4.69) is 15.6 Å². The van der Waals surface area contributed by atoms with Gasteiger partial charge in [-0.05, 0) is 111 Å². The largest absolute Gasteiger partial charge is 0.508 e. The summed E-state index contributed by atoms with van der Waals surface area (Å²) in [7, 11) is 0. The SMILES string of the molecule is Cc1cc(O)cc(C)c1CC(NC(=O)C(N)CCCN=C(N)N)C(=O)NC(CCCCN)c1ccc(Oc2ccccc2)cc1. The number of phenols is 1. The lowest BCUT2D eigenvalue weighted by molar-refractivity contribution is -0.130. The van der Waals surface area contributed by atoms with Crippen LogP contribution in [-0.2, 0) is 16.0 Å². The van der Waals surface area contributed by atoms with Gasteiger partial charge in [-0.1, -0.05) is 30.3 Å². The van der Waals surface area contributed by atoms with Crippen molar-refractivity contribution in [3.63, 3.8) is 0 Å². The molecule has 3 aromatic carbocycles. The van der Waals surface area contributed by atoms with Gasteiger partial charge in [-0.2, -0.15) is 0 Å². The minimum atomic E-state index is -0.916. The number of unbranched alkanes of at least 4 members (excludes halogenated alkanes) is 1. The number of aryl methyl sites for hydroxylation is 2. The molecule has 0 heterocycles. The van der Waals surface area contributed by atoms with E-state index in [0.717, 1.165) is 40.8 Å². The van der Waals surface area contributed by atoms with Crippen LogP contribution in [0.25, 0.3) is 0 Å². The zero-order valence-corrected chi connectivity index (χ0v) is 26.2. The second-order valence-corrected chi connectivity index (χ2v) is 11.2. The van der Waals surface area contributed by atoms with Gasteiger partial charge in [-0.15, -0.1) is 0 Å². The summed E-state index contributed by atoms with van der Waals surface area (Å²) in [6.45, 7) is 4.62. The molecule has 11 heteroatoms. The van der Waals surface area contributed by atoms with Gasteiger partial charge in [0.05, 0.1) is 12.1 Å². The van der Waals surface area contributed by atoms with Gasteiger partial charge >= 0.3 is 0 Å². The Bertz CT molecular complexity index is 1390. The molecule has 11 N–H and O–H groups in total. The first-order valence-electron chi connectivity index (χ1n) is 15.3. The van der Waals surface area contributed by atoms with E-state index in [0.29, 0.717) is 38.1 Å². The van der Waals surface area contributed by atoms with Crippen LogP contribution in [0.5, 0.6) is 17.2 Å². The molecule has 0 saturated heterocycles. The van der Waals surface area contributed by atoms with Crippen LogP contribution in [0.15, 0.2) is 71.7 Å². The van der Waals surface area contributed by atoms with E-state index in [-0.39, 0.29) is 30.1 Å². The maximum Gasteiger partial charge on any atom is 0.243 e. The van der Waals surface area contributed by atoms with Crippen molar-refractivity contribution >= 4 is 17.8 Å². The van der Waals surface area contributed by atoms with Crippen LogP contribution in [0.3, 0.4) is 0 Å². The number of para-hydroxylation sites is 1. The fourth-order valence-corrected chi connectivity index (χ4v) is 5.12. The molecule has 0 aliphatic heterocycles. The lowest BCUT2D eigenvalue weighted by atomic mass is 9.94. The molecule has 0 fully saturated rings. The number of guanidine groups is 1. The van der Waals surface area contributed by atoms with Crippen LogP contribution in [0.2, 0.25) is 0 Å². The summed E-state index contributed by atoms with van der Waals surface area (Å²) in [5, 5.41) is 16.1. The number of carbonyl (C=O) groups is 2. The van der Waals surface area contributed by atoms with Gasteiger partial charge in [0.2, 0.25) is 11.8 Å². The molecule has 0 radical (unpaired) electrons. The molecule has 2 amide bonds. The van der Waals surface area contributed by atoms with Crippen LogP contribution in [-0.4, -0.2) is 48.1 Å². The van der Waals surface area contributed by atoms with Crippen LogP contribution < -0.4 is 38.3 Å². The summed E-state index contributed by atoms with van der Waals surface area (Å²) in [6.07, 6.45) is 3.33. The second kappa shape index (κ2) is 17.6. The van der Waals surface area contributed by atoms with Gasteiger partial charge in [0.1, 0.15) is 23.3 Å². The summed E-state index contributed by atoms with van der Waals surface area (Å²) >= 11 is 0.